The topological polar surface area (TPSA) is 76.6 Å². The first-order chi connectivity index (χ1) is 14.0. The van der Waals surface area contributed by atoms with Crippen molar-refractivity contribution in [2.75, 3.05) is 25.2 Å². The lowest BCUT2D eigenvalue weighted by atomic mass is 9.89. The molecule has 0 aliphatic carbocycles. The second-order valence-corrected chi connectivity index (χ2v) is 8.06. The van der Waals surface area contributed by atoms with Gasteiger partial charge in [0, 0.05) is 48.7 Å². The number of nitrogens with two attached hydrogens (primary N) is 1. The van der Waals surface area contributed by atoms with Crippen molar-refractivity contribution >= 4 is 11.7 Å². The van der Waals surface area contributed by atoms with E-state index in [1.807, 2.05) is 27.7 Å². The van der Waals surface area contributed by atoms with Gasteiger partial charge < -0.3 is 15.4 Å². The molecule has 5 heterocycles. The van der Waals surface area contributed by atoms with Crippen LogP contribution >= 0.6 is 0 Å². The molecular formula is C21H24FN5O2. The summed E-state index contributed by atoms with van der Waals surface area (Å²) in [6, 6.07) is 6.29. The average Bonchev–Trinajstić information content (AvgIpc) is 3.07. The summed E-state index contributed by atoms with van der Waals surface area (Å²) in [6.45, 7) is 1.37. The van der Waals surface area contributed by atoms with Crippen LogP contribution in [0, 0.1) is 0 Å². The zero-order valence-corrected chi connectivity index (χ0v) is 16.3. The van der Waals surface area contributed by atoms with E-state index in [2.05, 4.69) is 16.9 Å². The highest BCUT2D eigenvalue weighted by Gasteiger charge is 2.41. The van der Waals surface area contributed by atoms with Crippen molar-refractivity contribution in [3.05, 3.63) is 53.7 Å². The minimum absolute atomic E-state index is 0.0620. The number of ether oxygens (including phenoxy) is 1. The Kier molecular flexibility index (Phi) is 4.40. The van der Waals surface area contributed by atoms with Gasteiger partial charge in [-0.25, -0.2) is 9.37 Å². The number of aromatic nitrogens is 2. The number of primary amides is 1. The van der Waals surface area contributed by atoms with Crippen molar-refractivity contribution in [3.63, 3.8) is 0 Å². The lowest BCUT2D eigenvalue weighted by Crippen LogP contribution is -2.59. The van der Waals surface area contributed by atoms with Crippen LogP contribution in [0.5, 0.6) is 0 Å². The van der Waals surface area contributed by atoms with Crippen LogP contribution in [0.1, 0.15) is 28.8 Å². The van der Waals surface area contributed by atoms with Crippen molar-refractivity contribution in [2.24, 2.45) is 5.73 Å². The highest BCUT2D eigenvalue weighted by atomic mass is 19.1. The van der Waals surface area contributed by atoms with E-state index in [-0.39, 0.29) is 18.3 Å². The van der Waals surface area contributed by atoms with Gasteiger partial charge in [-0.2, -0.15) is 0 Å². The summed E-state index contributed by atoms with van der Waals surface area (Å²) in [4.78, 5) is 20.9. The Morgan fingerprint density at radius 1 is 1.24 bits per heavy atom. The summed E-state index contributed by atoms with van der Waals surface area (Å²) >= 11 is 0. The first kappa shape index (κ1) is 18.3. The molecule has 2 bridgehead atoms. The van der Waals surface area contributed by atoms with E-state index in [1.165, 1.54) is 0 Å². The second kappa shape index (κ2) is 6.96. The molecule has 2 fully saturated rings. The molecule has 3 aliphatic heterocycles. The first-order valence-electron chi connectivity index (χ1n) is 9.92. The number of nitrogens with zero attached hydrogens (tertiary/aromatic N) is 4. The lowest BCUT2D eigenvalue weighted by Gasteiger charge is -2.49. The van der Waals surface area contributed by atoms with Crippen LogP contribution in [-0.4, -0.2) is 58.7 Å². The number of allylic oxidation sites excluding steroid dienone is 1. The van der Waals surface area contributed by atoms with Gasteiger partial charge in [0.2, 0.25) is 0 Å². The van der Waals surface area contributed by atoms with Gasteiger partial charge in [-0.15, -0.1) is 0 Å². The molecule has 0 radical (unpaired) electrons. The SMILES string of the molecule is CN1[C@@H]2COC[C@H]1C[C@@H](N1C=C(F)Cc3c(C(N)=O)cn(-c4ccccn4)c31)C2. The lowest BCUT2D eigenvalue weighted by molar-refractivity contribution is -0.0645. The first-order valence-corrected chi connectivity index (χ1v) is 9.92. The fourth-order valence-electron chi connectivity index (χ4n) is 4.87. The van der Waals surface area contributed by atoms with Crippen LogP contribution in [0.4, 0.5) is 10.2 Å². The Hall–Kier alpha value is -2.71. The standard InChI is InChI=1S/C21H24FN5O2/c1-25-15-7-14(8-16(25)12-29-11-15)26-9-13(22)6-17-18(20(23)28)10-27(21(17)26)19-4-2-3-5-24-19/h2-5,9-10,14-16H,6-8,11-12H2,1H3,(H2,23,28)/t14-,15-,16+. The van der Waals surface area contributed by atoms with Gasteiger partial charge in [0.1, 0.15) is 17.5 Å². The number of amides is 1. The van der Waals surface area contributed by atoms with Gasteiger partial charge in [0.05, 0.1) is 18.8 Å². The Morgan fingerprint density at radius 3 is 2.66 bits per heavy atom. The maximum Gasteiger partial charge on any atom is 0.250 e. The molecule has 29 heavy (non-hydrogen) atoms. The van der Waals surface area contributed by atoms with Gasteiger partial charge in [-0.3, -0.25) is 14.3 Å². The number of piperidine rings is 1. The van der Waals surface area contributed by atoms with Gasteiger partial charge in [0.15, 0.2) is 0 Å². The summed E-state index contributed by atoms with van der Waals surface area (Å²) in [5, 5.41) is 0. The van der Waals surface area contributed by atoms with Crippen LogP contribution < -0.4 is 10.6 Å². The number of likely N-dealkylation sites (N-methyl/N-ethyl adjacent to an activating group) is 1. The molecular weight excluding hydrogens is 373 g/mol. The van der Waals surface area contributed by atoms with E-state index < -0.39 is 5.91 Å². The summed E-state index contributed by atoms with van der Waals surface area (Å²) in [5.41, 5.74) is 6.61. The van der Waals surface area contributed by atoms with Crippen molar-refractivity contribution < 1.29 is 13.9 Å². The molecule has 3 aliphatic rings. The molecule has 0 unspecified atom stereocenters. The number of carbonyl (C=O) groups excluding carboxylic acids is 1. The third kappa shape index (κ3) is 3.03. The highest BCUT2D eigenvalue weighted by Crippen LogP contribution is 2.40. The number of rotatable bonds is 3. The molecule has 7 nitrogen and oxygen atoms in total. The zero-order chi connectivity index (χ0) is 20.1. The minimum atomic E-state index is -0.556. The van der Waals surface area contributed by atoms with Crippen LogP contribution in [0.15, 0.2) is 42.6 Å². The van der Waals surface area contributed by atoms with E-state index in [0.717, 1.165) is 18.7 Å². The van der Waals surface area contributed by atoms with Gasteiger partial charge in [-0.1, -0.05) is 6.07 Å². The quantitative estimate of drug-likeness (QED) is 0.857. The predicted molar refractivity (Wildman–Crippen MR) is 107 cm³/mol. The van der Waals surface area contributed by atoms with Gasteiger partial charge in [0.25, 0.3) is 5.91 Å². The minimum Gasteiger partial charge on any atom is -0.378 e. The largest absolute Gasteiger partial charge is 0.378 e. The molecule has 3 atom stereocenters. The summed E-state index contributed by atoms with van der Waals surface area (Å²) < 4.78 is 22.3. The molecule has 5 rings (SSSR count). The van der Waals surface area contributed by atoms with Crippen LogP contribution in [0.2, 0.25) is 0 Å². The average molecular weight is 397 g/mol. The fraction of sp³-hybridized carbons (Fsp3) is 0.429. The number of carbonyl (C=O) groups is 1. The van der Waals surface area contributed by atoms with Crippen molar-refractivity contribution in [1.29, 1.82) is 0 Å². The number of pyridine rings is 1. The maximum atomic E-state index is 14.7. The molecule has 2 N–H and O–H groups in total. The maximum absolute atomic E-state index is 14.7. The zero-order valence-electron chi connectivity index (χ0n) is 16.3. The van der Waals surface area contributed by atoms with Crippen molar-refractivity contribution in [2.45, 2.75) is 37.4 Å². The van der Waals surface area contributed by atoms with E-state index in [1.54, 1.807) is 18.6 Å². The molecule has 2 aromatic heterocycles. The van der Waals surface area contributed by atoms with Crippen molar-refractivity contribution in [3.8, 4) is 5.82 Å². The fourth-order valence-corrected chi connectivity index (χ4v) is 4.87. The predicted octanol–water partition coefficient (Wildman–Crippen LogP) is 2.01. The Morgan fingerprint density at radius 2 is 2.00 bits per heavy atom. The Balaban J connectivity index is 1.62. The molecule has 1 amide bonds. The van der Waals surface area contributed by atoms with E-state index in [9.17, 15) is 9.18 Å². The Labute approximate surface area is 168 Å². The smallest absolute Gasteiger partial charge is 0.250 e. The van der Waals surface area contributed by atoms with E-state index >= 15 is 0 Å². The number of halogens is 1. The summed E-state index contributed by atoms with van der Waals surface area (Å²) in [6.07, 6.45) is 6.75. The molecule has 8 heteroatoms. The molecule has 2 aromatic rings. The third-order valence-electron chi connectivity index (χ3n) is 6.37. The van der Waals surface area contributed by atoms with Crippen LogP contribution in [-0.2, 0) is 11.2 Å². The van der Waals surface area contributed by atoms with Crippen LogP contribution in [0.3, 0.4) is 0 Å². The van der Waals surface area contributed by atoms with E-state index in [0.29, 0.717) is 42.2 Å². The highest BCUT2D eigenvalue weighted by molar-refractivity contribution is 5.96. The summed E-state index contributed by atoms with van der Waals surface area (Å²) in [5.74, 6) is 0.638. The van der Waals surface area contributed by atoms with E-state index in [4.69, 9.17) is 10.5 Å². The van der Waals surface area contributed by atoms with Gasteiger partial charge >= 0.3 is 0 Å². The normalized spacial score (nSPS) is 26.8. The number of anilines is 1. The third-order valence-corrected chi connectivity index (χ3v) is 6.37. The number of morpholine rings is 1. The Bertz CT molecular complexity index is 959. The molecule has 2 saturated heterocycles. The van der Waals surface area contributed by atoms with Gasteiger partial charge in [-0.05, 0) is 32.0 Å². The van der Waals surface area contributed by atoms with Crippen LogP contribution in [0.25, 0.3) is 5.82 Å². The second-order valence-electron chi connectivity index (χ2n) is 8.06. The summed E-state index contributed by atoms with van der Waals surface area (Å²) in [7, 11) is 2.13. The number of hydrogen-bond acceptors (Lipinski definition) is 5. The number of fused-ring (bicyclic) bond motifs is 3. The molecule has 152 valence electrons. The molecule has 0 spiro atoms. The number of hydrogen-bond donors (Lipinski definition) is 1. The molecule has 0 saturated carbocycles. The molecule has 0 aromatic carbocycles. The van der Waals surface area contributed by atoms with Crippen molar-refractivity contribution in [1.82, 2.24) is 14.5 Å². The monoisotopic (exact) mass is 397 g/mol.